The Hall–Kier alpha value is -2.44. The van der Waals surface area contributed by atoms with Gasteiger partial charge in [-0.25, -0.2) is 9.78 Å². The van der Waals surface area contributed by atoms with Gasteiger partial charge in [-0.1, -0.05) is 25.9 Å². The molecule has 1 saturated heterocycles. The maximum absolute atomic E-state index is 13.4. The second kappa shape index (κ2) is 6.32. The van der Waals surface area contributed by atoms with E-state index < -0.39 is 12.0 Å². The summed E-state index contributed by atoms with van der Waals surface area (Å²) in [4.78, 5) is 31.0. The van der Waals surface area contributed by atoms with E-state index in [2.05, 4.69) is 30.9 Å². The molecule has 2 fully saturated rings. The highest BCUT2D eigenvalue weighted by molar-refractivity contribution is 6.07. The van der Waals surface area contributed by atoms with Crippen molar-refractivity contribution in [3.05, 3.63) is 23.0 Å². The molecule has 0 spiro atoms. The number of fused-ring (bicyclic) bond motifs is 1. The van der Waals surface area contributed by atoms with Crippen LogP contribution in [0, 0.1) is 5.41 Å². The first-order valence-corrected chi connectivity index (χ1v) is 9.57. The molecule has 0 radical (unpaired) electrons. The third kappa shape index (κ3) is 3.42. The first kappa shape index (κ1) is 17.9. The molecule has 2 aliphatic rings. The minimum Gasteiger partial charge on any atom is -0.480 e. The zero-order chi connectivity index (χ0) is 19.3. The summed E-state index contributed by atoms with van der Waals surface area (Å²) in [5.41, 5.74) is 2.39. The summed E-state index contributed by atoms with van der Waals surface area (Å²) in [6.07, 6.45) is 3.94. The summed E-state index contributed by atoms with van der Waals surface area (Å²) in [6.45, 7) is 6.75. The lowest BCUT2D eigenvalue weighted by molar-refractivity contribution is -0.141. The van der Waals surface area contributed by atoms with Gasteiger partial charge in [0.1, 0.15) is 6.04 Å². The number of aliphatic carboxylic acids is 1. The summed E-state index contributed by atoms with van der Waals surface area (Å²) < 4.78 is 5.49. The number of carboxylic acids is 1. The van der Waals surface area contributed by atoms with E-state index in [-0.39, 0.29) is 11.3 Å². The van der Waals surface area contributed by atoms with Crippen LogP contribution < -0.4 is 0 Å². The second-order valence-corrected chi connectivity index (χ2v) is 8.91. The molecule has 7 nitrogen and oxygen atoms in total. The lowest BCUT2D eigenvalue weighted by Crippen LogP contribution is -2.40. The average molecular weight is 371 g/mol. The predicted octanol–water partition coefficient (Wildman–Crippen LogP) is 3.38. The van der Waals surface area contributed by atoms with Crippen LogP contribution in [0.3, 0.4) is 0 Å². The zero-order valence-corrected chi connectivity index (χ0v) is 16.0. The largest absolute Gasteiger partial charge is 0.480 e. The Morgan fingerprint density at radius 1 is 1.30 bits per heavy atom. The molecule has 2 aromatic heterocycles. The number of hydrogen-bond donors (Lipinski definition) is 1. The highest BCUT2D eigenvalue weighted by atomic mass is 16.5. The van der Waals surface area contributed by atoms with Crippen LogP contribution in [0.25, 0.3) is 11.1 Å². The number of carboxylic acid groups (broad SMARTS) is 1. The molecule has 1 saturated carbocycles. The predicted molar refractivity (Wildman–Crippen MR) is 98.6 cm³/mol. The monoisotopic (exact) mass is 371 g/mol. The summed E-state index contributed by atoms with van der Waals surface area (Å²) >= 11 is 0. The molecule has 4 rings (SSSR count). The minimum atomic E-state index is -0.950. The van der Waals surface area contributed by atoms with E-state index in [4.69, 9.17) is 4.52 Å². The number of hydrogen-bond acceptors (Lipinski definition) is 5. The molecular weight excluding hydrogens is 346 g/mol. The van der Waals surface area contributed by atoms with E-state index in [1.54, 1.807) is 0 Å². The molecule has 144 valence electrons. The fraction of sp³-hybridized carbons (Fsp3) is 0.600. The molecule has 7 heteroatoms. The van der Waals surface area contributed by atoms with Gasteiger partial charge in [0.15, 0.2) is 0 Å². The van der Waals surface area contributed by atoms with Gasteiger partial charge in [-0.2, -0.15) is 0 Å². The van der Waals surface area contributed by atoms with Gasteiger partial charge in [-0.05, 0) is 43.6 Å². The number of carbonyl (C=O) groups excluding carboxylic acids is 1. The summed E-state index contributed by atoms with van der Waals surface area (Å²) in [7, 11) is 0. The van der Waals surface area contributed by atoms with Crippen LogP contribution in [0.2, 0.25) is 0 Å². The van der Waals surface area contributed by atoms with Crippen LogP contribution >= 0.6 is 0 Å². The molecule has 1 N–H and O–H groups in total. The quantitative estimate of drug-likeness (QED) is 0.885. The highest BCUT2D eigenvalue weighted by Gasteiger charge is 2.37. The van der Waals surface area contributed by atoms with Gasteiger partial charge in [-0.3, -0.25) is 4.79 Å². The van der Waals surface area contributed by atoms with Gasteiger partial charge in [0.2, 0.25) is 0 Å². The maximum Gasteiger partial charge on any atom is 0.326 e. The van der Waals surface area contributed by atoms with Crippen molar-refractivity contribution in [2.24, 2.45) is 5.41 Å². The first-order valence-electron chi connectivity index (χ1n) is 9.57. The number of carbonyl (C=O) groups is 2. The van der Waals surface area contributed by atoms with Gasteiger partial charge in [-0.15, -0.1) is 0 Å². The second-order valence-electron chi connectivity index (χ2n) is 8.91. The SMILES string of the molecule is CC(C)(C)Cc1noc2nc(C3CC3)cc(C(=O)N3CCCC3C(=O)O)c12. The third-order valence-corrected chi connectivity index (χ3v) is 5.26. The molecule has 1 unspecified atom stereocenters. The van der Waals surface area contributed by atoms with E-state index in [0.29, 0.717) is 54.1 Å². The number of pyridine rings is 1. The smallest absolute Gasteiger partial charge is 0.326 e. The maximum atomic E-state index is 13.4. The van der Waals surface area contributed by atoms with Gasteiger partial charge >= 0.3 is 5.97 Å². The van der Waals surface area contributed by atoms with Crippen molar-refractivity contribution in [2.45, 2.75) is 64.8 Å². The normalized spacial score (nSPS) is 20.4. The highest BCUT2D eigenvalue weighted by Crippen LogP contribution is 2.41. The Balaban J connectivity index is 1.82. The van der Waals surface area contributed by atoms with E-state index in [1.165, 1.54) is 4.90 Å². The van der Waals surface area contributed by atoms with Crippen LogP contribution in [0.1, 0.15) is 74.1 Å². The van der Waals surface area contributed by atoms with Crippen LogP contribution in [0.15, 0.2) is 10.6 Å². The molecule has 1 aliphatic heterocycles. The van der Waals surface area contributed by atoms with Crippen molar-refractivity contribution in [3.8, 4) is 0 Å². The van der Waals surface area contributed by atoms with Crippen molar-refractivity contribution < 1.29 is 19.2 Å². The Bertz CT molecular complexity index is 908. The van der Waals surface area contributed by atoms with Crippen molar-refractivity contribution in [1.82, 2.24) is 15.0 Å². The standard InChI is InChI=1S/C20H25N3O4/c1-20(2,3)10-14-16-12(18(24)23-8-4-5-15(23)19(25)26)9-13(11-6-7-11)21-17(16)27-22-14/h9,11,15H,4-8,10H2,1-3H3,(H,25,26). The fourth-order valence-corrected chi connectivity index (χ4v) is 3.83. The molecule has 27 heavy (non-hydrogen) atoms. The van der Waals surface area contributed by atoms with E-state index in [1.807, 2.05) is 6.07 Å². The number of aromatic nitrogens is 2. The van der Waals surface area contributed by atoms with Crippen molar-refractivity contribution in [2.75, 3.05) is 6.54 Å². The van der Waals surface area contributed by atoms with Crippen LogP contribution in [-0.4, -0.2) is 44.6 Å². The van der Waals surface area contributed by atoms with Crippen molar-refractivity contribution >= 4 is 23.0 Å². The van der Waals surface area contributed by atoms with Gasteiger partial charge < -0.3 is 14.5 Å². The van der Waals surface area contributed by atoms with Crippen LogP contribution in [0.5, 0.6) is 0 Å². The molecule has 1 amide bonds. The van der Waals surface area contributed by atoms with Gasteiger partial charge in [0, 0.05) is 18.2 Å². The van der Waals surface area contributed by atoms with Crippen molar-refractivity contribution in [1.29, 1.82) is 0 Å². The Labute approximate surface area is 157 Å². The lowest BCUT2D eigenvalue weighted by atomic mass is 9.89. The molecule has 0 bridgehead atoms. The van der Waals surface area contributed by atoms with E-state index in [9.17, 15) is 14.7 Å². The Morgan fingerprint density at radius 3 is 2.67 bits per heavy atom. The number of amides is 1. The van der Waals surface area contributed by atoms with Crippen LogP contribution in [0.4, 0.5) is 0 Å². The first-order chi connectivity index (χ1) is 12.7. The summed E-state index contributed by atoms with van der Waals surface area (Å²) in [5.74, 6) is -0.854. The summed E-state index contributed by atoms with van der Waals surface area (Å²) in [5, 5.41) is 14.3. The number of rotatable bonds is 4. The van der Waals surface area contributed by atoms with Gasteiger partial charge in [0.05, 0.1) is 16.6 Å². The fourth-order valence-electron chi connectivity index (χ4n) is 3.83. The molecule has 1 atom stereocenters. The number of nitrogens with zero attached hydrogens (tertiary/aromatic N) is 3. The van der Waals surface area contributed by atoms with E-state index in [0.717, 1.165) is 18.5 Å². The third-order valence-electron chi connectivity index (χ3n) is 5.26. The average Bonchev–Trinajstić information content (AvgIpc) is 3.18. The topological polar surface area (TPSA) is 96.5 Å². The van der Waals surface area contributed by atoms with Gasteiger partial charge in [0.25, 0.3) is 11.6 Å². The van der Waals surface area contributed by atoms with Crippen molar-refractivity contribution in [3.63, 3.8) is 0 Å². The zero-order valence-electron chi connectivity index (χ0n) is 16.0. The molecular formula is C20H25N3O4. The van der Waals surface area contributed by atoms with Crippen LogP contribution in [-0.2, 0) is 11.2 Å². The lowest BCUT2D eigenvalue weighted by Gasteiger charge is -2.22. The number of likely N-dealkylation sites (tertiary alicyclic amines) is 1. The summed E-state index contributed by atoms with van der Waals surface area (Å²) in [6, 6.07) is 1.07. The molecule has 2 aromatic rings. The molecule has 1 aliphatic carbocycles. The minimum absolute atomic E-state index is 0.0312. The van der Waals surface area contributed by atoms with E-state index >= 15 is 0 Å². The molecule has 0 aromatic carbocycles. The molecule has 3 heterocycles. The Morgan fingerprint density at radius 2 is 2.04 bits per heavy atom. The Kier molecular flexibility index (Phi) is 4.20.